The minimum atomic E-state index is -1.71. The van der Waals surface area contributed by atoms with Gasteiger partial charge in [0.2, 0.25) is 0 Å². The monoisotopic (exact) mass is 414 g/mol. The minimum Gasteiger partial charge on any atom is -0.463 e. The zero-order valence-electron chi connectivity index (χ0n) is 17.8. The fourth-order valence-corrected chi connectivity index (χ4v) is 3.44. The Labute approximate surface area is 174 Å². The molecule has 0 aromatic heterocycles. The Morgan fingerprint density at radius 1 is 0.931 bits per heavy atom. The van der Waals surface area contributed by atoms with Crippen molar-refractivity contribution in [2.45, 2.75) is 115 Å². The first-order chi connectivity index (χ1) is 14.0. The van der Waals surface area contributed by atoms with Gasteiger partial charge in [-0.05, 0) is 6.42 Å². The molecule has 0 aromatic rings. The molecular weight excluding hydrogens is 376 g/mol. The quantitative estimate of drug-likeness (QED) is 0.214. The Morgan fingerprint density at radius 3 is 1.86 bits per heavy atom. The molecule has 1 aliphatic heterocycles. The highest BCUT2D eigenvalue weighted by atomic mass is 16.6. The van der Waals surface area contributed by atoms with Gasteiger partial charge in [0.1, 0.15) is 12.7 Å². The Kier molecular flexibility index (Phi) is 13.6. The number of hydrogen-bond donors (Lipinski definition) is 2. The van der Waals surface area contributed by atoms with Gasteiger partial charge in [0.25, 0.3) is 5.78 Å². The van der Waals surface area contributed by atoms with Gasteiger partial charge < -0.3 is 19.7 Å². The van der Waals surface area contributed by atoms with Gasteiger partial charge in [-0.2, -0.15) is 0 Å². The van der Waals surface area contributed by atoms with E-state index >= 15 is 0 Å². The predicted molar refractivity (Wildman–Crippen MR) is 108 cm³/mol. The molecule has 7 heteroatoms. The molecule has 1 fully saturated rings. The van der Waals surface area contributed by atoms with Crippen molar-refractivity contribution in [1.29, 1.82) is 0 Å². The third-order valence-electron chi connectivity index (χ3n) is 5.30. The van der Waals surface area contributed by atoms with Gasteiger partial charge in [-0.15, -0.1) is 0 Å². The van der Waals surface area contributed by atoms with Crippen LogP contribution in [-0.4, -0.2) is 52.9 Å². The number of ether oxygens (including phenoxy) is 2. The third-order valence-corrected chi connectivity index (χ3v) is 5.30. The molecule has 1 saturated heterocycles. The molecule has 3 atom stereocenters. The van der Waals surface area contributed by atoms with Crippen molar-refractivity contribution in [1.82, 2.24) is 0 Å². The number of hydrogen-bond acceptors (Lipinski definition) is 7. The van der Waals surface area contributed by atoms with E-state index in [0.29, 0.717) is 0 Å². The standard InChI is InChI=1S/C22H38O7/c1-2-3-4-5-6-7-8-9-10-11-12-13-14-15-18(24)28-16-17(23)21-19(25)20(26)22(27)29-21/h17,19,21,23,25H,2-16H2,1H3/t17-,19-,21+/m0/s1. The Hall–Kier alpha value is -1.47. The summed E-state index contributed by atoms with van der Waals surface area (Å²) in [6.07, 6.45) is 11.6. The SMILES string of the molecule is CCCCCCCCCCCCCCCC(=O)OC[C@H](O)[C@H]1OC(=O)C(=O)[C@@H]1O. The van der Waals surface area contributed by atoms with Crippen molar-refractivity contribution in [2.24, 2.45) is 0 Å². The summed E-state index contributed by atoms with van der Waals surface area (Å²) in [6.45, 7) is 1.82. The number of rotatable bonds is 17. The normalized spacial score (nSPS) is 20.0. The number of Topliss-reactive ketones (excluding diaryl/α,β-unsaturated/α-hetero) is 1. The molecule has 2 N–H and O–H groups in total. The number of ketones is 1. The second-order valence-corrected chi connectivity index (χ2v) is 7.92. The molecule has 0 aromatic carbocycles. The number of aliphatic hydroxyl groups excluding tert-OH is 2. The third kappa shape index (κ3) is 10.8. The number of esters is 2. The van der Waals surface area contributed by atoms with Crippen LogP contribution < -0.4 is 0 Å². The first-order valence-electron chi connectivity index (χ1n) is 11.2. The predicted octanol–water partition coefficient (Wildman–Crippen LogP) is 3.23. The highest BCUT2D eigenvalue weighted by molar-refractivity contribution is 6.37. The van der Waals surface area contributed by atoms with Crippen molar-refractivity contribution in [3.8, 4) is 0 Å². The van der Waals surface area contributed by atoms with Crippen LogP contribution in [0.3, 0.4) is 0 Å². The maximum absolute atomic E-state index is 11.7. The van der Waals surface area contributed by atoms with E-state index in [0.717, 1.165) is 19.3 Å². The number of aliphatic hydroxyl groups is 2. The van der Waals surface area contributed by atoms with E-state index in [4.69, 9.17) is 4.74 Å². The van der Waals surface area contributed by atoms with Crippen LogP contribution in [0.2, 0.25) is 0 Å². The topological polar surface area (TPSA) is 110 Å². The molecule has 29 heavy (non-hydrogen) atoms. The maximum Gasteiger partial charge on any atom is 0.378 e. The fourth-order valence-electron chi connectivity index (χ4n) is 3.44. The Morgan fingerprint density at radius 2 is 1.41 bits per heavy atom. The van der Waals surface area contributed by atoms with E-state index in [9.17, 15) is 24.6 Å². The summed E-state index contributed by atoms with van der Waals surface area (Å²) in [6, 6.07) is 0. The van der Waals surface area contributed by atoms with Crippen LogP contribution in [0.1, 0.15) is 96.8 Å². The largest absolute Gasteiger partial charge is 0.463 e. The molecule has 0 saturated carbocycles. The Balaban J connectivity index is 1.92. The average Bonchev–Trinajstić information content (AvgIpc) is 2.97. The highest BCUT2D eigenvalue weighted by Gasteiger charge is 2.46. The van der Waals surface area contributed by atoms with Crippen LogP contribution >= 0.6 is 0 Å². The molecule has 1 aliphatic rings. The number of cyclic esters (lactones) is 1. The van der Waals surface area contributed by atoms with Crippen molar-refractivity contribution < 1.29 is 34.1 Å². The summed E-state index contributed by atoms with van der Waals surface area (Å²) in [5.41, 5.74) is 0. The second-order valence-electron chi connectivity index (χ2n) is 7.92. The molecule has 0 amide bonds. The summed E-state index contributed by atoms with van der Waals surface area (Å²) in [7, 11) is 0. The van der Waals surface area contributed by atoms with Crippen LogP contribution in [0.15, 0.2) is 0 Å². The summed E-state index contributed by atoms with van der Waals surface area (Å²) < 4.78 is 9.52. The first-order valence-corrected chi connectivity index (χ1v) is 11.2. The molecule has 0 aliphatic carbocycles. The van der Waals surface area contributed by atoms with Crippen LogP contribution in [0, 0.1) is 0 Å². The number of carbonyl (C=O) groups excluding carboxylic acids is 3. The second kappa shape index (κ2) is 15.4. The van der Waals surface area contributed by atoms with Crippen LogP contribution in [-0.2, 0) is 23.9 Å². The lowest BCUT2D eigenvalue weighted by Gasteiger charge is -2.18. The molecule has 1 heterocycles. The van der Waals surface area contributed by atoms with Gasteiger partial charge in [-0.3, -0.25) is 9.59 Å². The lowest BCUT2D eigenvalue weighted by molar-refractivity contribution is -0.156. The van der Waals surface area contributed by atoms with Crippen LogP contribution in [0.5, 0.6) is 0 Å². The summed E-state index contributed by atoms with van der Waals surface area (Å²) in [5.74, 6) is -2.72. The van der Waals surface area contributed by atoms with E-state index in [1.54, 1.807) is 0 Å². The highest BCUT2D eigenvalue weighted by Crippen LogP contribution is 2.16. The molecule has 0 unspecified atom stereocenters. The van der Waals surface area contributed by atoms with Gasteiger partial charge in [-0.1, -0.05) is 84.0 Å². The molecule has 1 rings (SSSR count). The van der Waals surface area contributed by atoms with Crippen LogP contribution in [0.4, 0.5) is 0 Å². The van der Waals surface area contributed by atoms with Gasteiger partial charge >= 0.3 is 11.9 Å². The zero-order chi connectivity index (χ0) is 21.5. The van der Waals surface area contributed by atoms with Crippen molar-refractivity contribution in [3.05, 3.63) is 0 Å². The minimum absolute atomic E-state index is 0.260. The lowest BCUT2D eigenvalue weighted by Crippen LogP contribution is -2.40. The van der Waals surface area contributed by atoms with E-state index < -0.39 is 42.6 Å². The van der Waals surface area contributed by atoms with Crippen molar-refractivity contribution >= 4 is 17.7 Å². The van der Waals surface area contributed by atoms with Crippen molar-refractivity contribution in [2.75, 3.05) is 6.61 Å². The van der Waals surface area contributed by atoms with Crippen LogP contribution in [0.25, 0.3) is 0 Å². The summed E-state index contributed by atoms with van der Waals surface area (Å²) >= 11 is 0. The van der Waals surface area contributed by atoms with E-state index in [1.807, 2.05) is 0 Å². The summed E-state index contributed by atoms with van der Waals surface area (Å²) in [5, 5.41) is 19.3. The smallest absolute Gasteiger partial charge is 0.378 e. The van der Waals surface area contributed by atoms with Crippen molar-refractivity contribution in [3.63, 3.8) is 0 Å². The molecule has 168 valence electrons. The van der Waals surface area contributed by atoms with Gasteiger partial charge in [0.05, 0.1) is 0 Å². The first kappa shape index (κ1) is 25.6. The van der Waals surface area contributed by atoms with Gasteiger partial charge in [0, 0.05) is 6.42 Å². The number of carbonyl (C=O) groups is 3. The summed E-state index contributed by atoms with van der Waals surface area (Å²) in [4.78, 5) is 33.9. The van der Waals surface area contributed by atoms with Gasteiger partial charge in [-0.25, -0.2) is 4.79 Å². The molecule has 0 radical (unpaired) electrons. The average molecular weight is 415 g/mol. The van der Waals surface area contributed by atoms with Gasteiger partial charge in [0.15, 0.2) is 12.2 Å². The Bertz CT molecular complexity index is 492. The lowest BCUT2D eigenvalue weighted by atomic mass is 10.0. The van der Waals surface area contributed by atoms with E-state index in [-0.39, 0.29) is 6.42 Å². The zero-order valence-corrected chi connectivity index (χ0v) is 17.8. The van der Waals surface area contributed by atoms with E-state index in [1.165, 1.54) is 64.2 Å². The number of unbranched alkanes of at least 4 members (excludes halogenated alkanes) is 12. The molecular formula is C22H38O7. The maximum atomic E-state index is 11.7. The molecule has 7 nitrogen and oxygen atoms in total. The van der Waals surface area contributed by atoms with E-state index in [2.05, 4.69) is 11.7 Å². The fraction of sp³-hybridized carbons (Fsp3) is 0.864. The molecule has 0 spiro atoms. The molecule has 0 bridgehead atoms.